The summed E-state index contributed by atoms with van der Waals surface area (Å²) < 4.78 is 18.3. The smallest absolute Gasteiger partial charge is 0.314 e. The van der Waals surface area contributed by atoms with Gasteiger partial charge in [-0.25, -0.2) is 9.18 Å². The lowest BCUT2D eigenvalue weighted by molar-refractivity contribution is 0.241. The van der Waals surface area contributed by atoms with Gasteiger partial charge in [0.15, 0.2) is 0 Å². The molecule has 0 saturated carbocycles. The Labute approximate surface area is 135 Å². The Bertz CT molecular complexity index is 646. The van der Waals surface area contributed by atoms with Gasteiger partial charge in [-0.15, -0.1) is 0 Å². The number of ether oxygens (including phenoxy) is 1. The van der Waals surface area contributed by atoms with Crippen LogP contribution < -0.4 is 15.4 Å². The van der Waals surface area contributed by atoms with E-state index in [1.165, 1.54) is 12.1 Å². The van der Waals surface area contributed by atoms with Crippen molar-refractivity contribution in [3.05, 3.63) is 65.5 Å². The number of hydrogen-bond acceptors (Lipinski definition) is 2. The number of hydrogen-bond donors (Lipinski definition) is 2. The third-order valence-electron chi connectivity index (χ3n) is 3.46. The van der Waals surface area contributed by atoms with Crippen LogP contribution in [0.2, 0.25) is 0 Å². The first-order chi connectivity index (χ1) is 11.2. The van der Waals surface area contributed by atoms with Crippen LogP contribution in [0, 0.1) is 5.82 Å². The van der Waals surface area contributed by atoms with Crippen molar-refractivity contribution in [3.8, 4) is 5.75 Å². The van der Waals surface area contributed by atoms with Gasteiger partial charge < -0.3 is 15.4 Å². The number of nitrogens with one attached hydrogen (secondary N) is 2. The number of amides is 2. The minimum atomic E-state index is -0.260. The van der Waals surface area contributed by atoms with E-state index in [0.29, 0.717) is 25.9 Å². The van der Waals surface area contributed by atoms with Gasteiger partial charge >= 0.3 is 6.03 Å². The summed E-state index contributed by atoms with van der Waals surface area (Å²) in [5, 5.41) is 5.56. The van der Waals surface area contributed by atoms with Crippen molar-refractivity contribution < 1.29 is 13.9 Å². The molecule has 5 heteroatoms. The lowest BCUT2D eigenvalue weighted by Crippen LogP contribution is -2.37. The van der Waals surface area contributed by atoms with E-state index in [2.05, 4.69) is 10.6 Å². The van der Waals surface area contributed by atoms with Crippen LogP contribution in [0.4, 0.5) is 9.18 Å². The summed E-state index contributed by atoms with van der Waals surface area (Å²) >= 11 is 0. The van der Waals surface area contributed by atoms with Crippen molar-refractivity contribution in [3.63, 3.8) is 0 Å². The van der Waals surface area contributed by atoms with Gasteiger partial charge in [0.25, 0.3) is 0 Å². The molecule has 2 N–H and O–H groups in total. The largest absolute Gasteiger partial charge is 0.496 e. The highest BCUT2D eigenvalue weighted by molar-refractivity contribution is 5.73. The Hall–Kier alpha value is -2.56. The van der Waals surface area contributed by atoms with E-state index < -0.39 is 0 Å². The molecular weight excluding hydrogens is 295 g/mol. The molecule has 0 radical (unpaired) electrons. The number of rotatable bonds is 7. The van der Waals surface area contributed by atoms with Gasteiger partial charge in [0.1, 0.15) is 11.6 Å². The van der Waals surface area contributed by atoms with Crippen LogP contribution in [-0.2, 0) is 12.8 Å². The number of carbonyl (C=O) groups is 1. The molecule has 23 heavy (non-hydrogen) atoms. The lowest BCUT2D eigenvalue weighted by atomic mass is 10.1. The molecule has 0 heterocycles. The topological polar surface area (TPSA) is 50.4 Å². The van der Waals surface area contributed by atoms with Crippen molar-refractivity contribution >= 4 is 6.03 Å². The lowest BCUT2D eigenvalue weighted by Gasteiger charge is -2.10. The predicted octanol–water partition coefficient (Wildman–Crippen LogP) is 2.92. The van der Waals surface area contributed by atoms with Crippen LogP contribution in [0.25, 0.3) is 0 Å². The summed E-state index contributed by atoms with van der Waals surface area (Å²) in [7, 11) is 1.63. The Morgan fingerprint density at radius 2 is 1.78 bits per heavy atom. The van der Waals surface area contributed by atoms with Crippen molar-refractivity contribution in [2.24, 2.45) is 0 Å². The normalized spacial score (nSPS) is 10.2. The minimum Gasteiger partial charge on any atom is -0.496 e. The van der Waals surface area contributed by atoms with Gasteiger partial charge in [0, 0.05) is 13.1 Å². The van der Waals surface area contributed by atoms with Gasteiger partial charge in [-0.2, -0.15) is 0 Å². The molecule has 0 spiro atoms. The maximum atomic E-state index is 13.0. The van der Waals surface area contributed by atoms with Gasteiger partial charge in [0.2, 0.25) is 0 Å². The molecule has 0 aromatic heterocycles. The number of urea groups is 1. The monoisotopic (exact) mass is 316 g/mol. The Morgan fingerprint density at radius 3 is 2.52 bits per heavy atom. The highest BCUT2D eigenvalue weighted by Crippen LogP contribution is 2.17. The summed E-state index contributed by atoms with van der Waals surface area (Å²) in [6, 6.07) is 13.9. The zero-order valence-corrected chi connectivity index (χ0v) is 13.1. The van der Waals surface area contributed by atoms with Crippen LogP contribution in [0.3, 0.4) is 0 Å². The van der Waals surface area contributed by atoms with Crippen LogP contribution >= 0.6 is 0 Å². The third-order valence-corrected chi connectivity index (χ3v) is 3.46. The molecule has 2 aromatic carbocycles. The van der Waals surface area contributed by atoms with E-state index in [-0.39, 0.29) is 11.8 Å². The van der Waals surface area contributed by atoms with E-state index in [4.69, 9.17) is 4.74 Å². The second-order valence-corrected chi connectivity index (χ2v) is 5.12. The van der Waals surface area contributed by atoms with Crippen molar-refractivity contribution in [1.82, 2.24) is 10.6 Å². The molecule has 0 aliphatic carbocycles. The first-order valence-corrected chi connectivity index (χ1v) is 7.57. The average Bonchev–Trinajstić information content (AvgIpc) is 2.55. The summed E-state index contributed by atoms with van der Waals surface area (Å²) in [6.45, 7) is 0.982. The molecule has 122 valence electrons. The van der Waals surface area contributed by atoms with Gasteiger partial charge in [-0.3, -0.25) is 0 Å². The number of halogens is 1. The first kappa shape index (κ1) is 16.8. The minimum absolute atomic E-state index is 0.226. The van der Waals surface area contributed by atoms with Crippen LogP contribution in [0.15, 0.2) is 48.5 Å². The maximum absolute atomic E-state index is 13.0. The molecule has 4 nitrogen and oxygen atoms in total. The zero-order valence-electron chi connectivity index (χ0n) is 13.1. The van der Waals surface area contributed by atoms with Gasteiger partial charge in [-0.05, 0) is 42.2 Å². The number of benzene rings is 2. The van der Waals surface area contributed by atoms with Crippen LogP contribution in [0.1, 0.15) is 11.1 Å². The van der Waals surface area contributed by atoms with Gasteiger partial charge in [-0.1, -0.05) is 30.3 Å². The molecule has 0 fully saturated rings. The Balaban J connectivity index is 1.67. The molecule has 2 rings (SSSR count). The van der Waals surface area contributed by atoms with E-state index in [0.717, 1.165) is 16.9 Å². The van der Waals surface area contributed by atoms with E-state index >= 15 is 0 Å². The standard InChI is InChI=1S/C18H21FN2O2/c1-23-17-8-3-2-6-15(17)10-12-21-18(22)20-11-9-14-5-4-7-16(19)13-14/h2-8,13H,9-12H2,1H3,(H2,20,21,22). The molecule has 0 aliphatic heterocycles. The van der Waals surface area contributed by atoms with E-state index in [9.17, 15) is 9.18 Å². The van der Waals surface area contributed by atoms with Crippen molar-refractivity contribution in [1.29, 1.82) is 0 Å². The fourth-order valence-electron chi connectivity index (χ4n) is 2.30. The molecule has 0 bridgehead atoms. The molecule has 2 amide bonds. The number of methoxy groups -OCH3 is 1. The van der Waals surface area contributed by atoms with E-state index in [1.807, 2.05) is 30.3 Å². The summed E-state index contributed by atoms with van der Waals surface area (Å²) in [5.74, 6) is 0.560. The number of para-hydroxylation sites is 1. The summed E-state index contributed by atoms with van der Waals surface area (Å²) in [5.41, 5.74) is 1.91. The molecule has 0 unspecified atom stereocenters. The van der Waals surface area contributed by atoms with Gasteiger partial charge in [0.05, 0.1) is 7.11 Å². The summed E-state index contributed by atoms with van der Waals surface area (Å²) in [4.78, 5) is 11.7. The zero-order chi connectivity index (χ0) is 16.5. The highest BCUT2D eigenvalue weighted by atomic mass is 19.1. The fourth-order valence-corrected chi connectivity index (χ4v) is 2.30. The molecule has 2 aromatic rings. The molecule has 0 saturated heterocycles. The van der Waals surface area contributed by atoms with Crippen molar-refractivity contribution in [2.75, 3.05) is 20.2 Å². The Morgan fingerprint density at radius 1 is 1.04 bits per heavy atom. The molecule has 0 atom stereocenters. The van der Waals surface area contributed by atoms with E-state index in [1.54, 1.807) is 13.2 Å². The fraction of sp³-hybridized carbons (Fsp3) is 0.278. The van der Waals surface area contributed by atoms with Crippen LogP contribution in [0.5, 0.6) is 5.75 Å². The number of carbonyl (C=O) groups excluding carboxylic acids is 1. The predicted molar refractivity (Wildman–Crippen MR) is 88.2 cm³/mol. The molecular formula is C18H21FN2O2. The average molecular weight is 316 g/mol. The third kappa shape index (κ3) is 5.62. The van der Waals surface area contributed by atoms with Crippen molar-refractivity contribution in [2.45, 2.75) is 12.8 Å². The maximum Gasteiger partial charge on any atom is 0.314 e. The van der Waals surface area contributed by atoms with Crippen LogP contribution in [-0.4, -0.2) is 26.2 Å². The summed E-state index contributed by atoms with van der Waals surface area (Å²) in [6.07, 6.45) is 1.29. The SMILES string of the molecule is COc1ccccc1CCNC(=O)NCCc1cccc(F)c1. The first-order valence-electron chi connectivity index (χ1n) is 7.57. The quantitative estimate of drug-likeness (QED) is 0.825. The second kappa shape index (κ2) is 8.78. The Kier molecular flexibility index (Phi) is 6.41. The molecule has 0 aliphatic rings. The highest BCUT2D eigenvalue weighted by Gasteiger charge is 2.03. The second-order valence-electron chi connectivity index (χ2n) is 5.12.